The van der Waals surface area contributed by atoms with Crippen LogP contribution in [0.15, 0.2) is 23.6 Å². The summed E-state index contributed by atoms with van der Waals surface area (Å²) in [5.74, 6) is 0.137. The van der Waals surface area contributed by atoms with Crippen LogP contribution in [0, 0.1) is 11.3 Å². The van der Waals surface area contributed by atoms with E-state index in [-0.39, 0.29) is 18.1 Å². The number of carbonyl (C=O) groups is 2. The summed E-state index contributed by atoms with van der Waals surface area (Å²) in [7, 11) is 0. The molecule has 208 valence electrons. The average molecular weight is 580 g/mol. The van der Waals surface area contributed by atoms with Gasteiger partial charge in [-0.15, -0.1) is 11.3 Å². The first kappa shape index (κ1) is 26.6. The number of carbonyl (C=O) groups excluding carboxylic acids is 1. The minimum Gasteiger partial charge on any atom is -0.481 e. The molecule has 1 saturated carbocycles. The standard InChI is InChI=1S/C28H30ClN7O3S/c1-27(2,26(38)39)11-16-13-40-25(31-16)28(3)19-21(30)32-23(33-22(19)34-24(28)37)20-17-9-8-15(29)10-18(17)36(35-20)12-14-6-4-5-7-14/h8-10,13-14H,4-7,11-12H2,1-3H3,(H,38,39)(H3,30,32,33,34,37)/t28-/m0/s1. The summed E-state index contributed by atoms with van der Waals surface area (Å²) in [6.45, 7) is 5.82. The molecule has 12 heteroatoms. The van der Waals surface area contributed by atoms with Gasteiger partial charge < -0.3 is 16.2 Å². The Bertz CT molecular complexity index is 1670. The van der Waals surface area contributed by atoms with Gasteiger partial charge >= 0.3 is 5.97 Å². The Hall–Kier alpha value is -3.57. The number of nitrogens with zero attached hydrogens (tertiary/aromatic N) is 5. The van der Waals surface area contributed by atoms with Crippen molar-refractivity contribution >= 4 is 57.4 Å². The largest absolute Gasteiger partial charge is 0.481 e. The number of aromatic nitrogens is 5. The maximum atomic E-state index is 13.4. The number of nitrogens with one attached hydrogen (secondary N) is 1. The topological polar surface area (TPSA) is 149 Å². The quantitative estimate of drug-likeness (QED) is 0.267. The van der Waals surface area contributed by atoms with Gasteiger partial charge in [-0.25, -0.2) is 15.0 Å². The molecule has 0 spiro atoms. The van der Waals surface area contributed by atoms with Crippen LogP contribution in [-0.4, -0.2) is 41.7 Å². The van der Waals surface area contributed by atoms with E-state index < -0.39 is 16.8 Å². The molecule has 0 unspecified atom stereocenters. The number of nitrogen functional groups attached to an aromatic ring is 1. The van der Waals surface area contributed by atoms with E-state index in [0.29, 0.717) is 44.5 Å². The molecule has 2 aliphatic rings. The van der Waals surface area contributed by atoms with E-state index >= 15 is 0 Å². The first-order valence-electron chi connectivity index (χ1n) is 13.3. The van der Waals surface area contributed by atoms with Crippen molar-refractivity contribution in [3.63, 3.8) is 0 Å². The number of nitrogens with two attached hydrogens (primary N) is 1. The van der Waals surface area contributed by atoms with Gasteiger partial charge in [0.2, 0.25) is 5.91 Å². The Kier molecular flexibility index (Phi) is 6.34. The lowest BCUT2D eigenvalue weighted by molar-refractivity contribution is -0.146. The molecular weight excluding hydrogens is 550 g/mol. The first-order valence-corrected chi connectivity index (χ1v) is 14.6. The zero-order valence-electron chi connectivity index (χ0n) is 22.5. The summed E-state index contributed by atoms with van der Waals surface area (Å²) in [6, 6.07) is 5.64. The molecule has 0 radical (unpaired) electrons. The van der Waals surface area contributed by atoms with Gasteiger partial charge in [0.05, 0.1) is 22.2 Å². The molecule has 1 aromatic carbocycles. The van der Waals surface area contributed by atoms with Gasteiger partial charge in [-0.2, -0.15) is 5.10 Å². The molecule has 0 saturated heterocycles. The zero-order chi connectivity index (χ0) is 28.4. The second kappa shape index (κ2) is 9.52. The number of hydrogen-bond donors (Lipinski definition) is 3. The number of carboxylic acids is 1. The van der Waals surface area contributed by atoms with Crippen LogP contribution < -0.4 is 11.1 Å². The van der Waals surface area contributed by atoms with E-state index in [4.69, 9.17) is 27.4 Å². The molecule has 40 heavy (non-hydrogen) atoms. The summed E-state index contributed by atoms with van der Waals surface area (Å²) < 4.78 is 1.98. The van der Waals surface area contributed by atoms with Crippen molar-refractivity contribution in [2.75, 3.05) is 11.1 Å². The SMILES string of the molecule is CC(C)(Cc1csc([C@]2(C)C(=O)Nc3nc(-c4nn(CC5CCCC5)c5cc(Cl)ccc45)nc(N)c32)n1)C(=O)O. The lowest BCUT2D eigenvalue weighted by Gasteiger charge is -2.20. The third-order valence-electron chi connectivity index (χ3n) is 8.14. The van der Waals surface area contributed by atoms with E-state index in [1.54, 1.807) is 26.2 Å². The van der Waals surface area contributed by atoms with Crippen LogP contribution in [0.25, 0.3) is 22.4 Å². The van der Waals surface area contributed by atoms with Crippen LogP contribution >= 0.6 is 22.9 Å². The fourth-order valence-electron chi connectivity index (χ4n) is 5.75. The van der Waals surface area contributed by atoms with Crippen molar-refractivity contribution in [3.8, 4) is 11.5 Å². The number of anilines is 2. The van der Waals surface area contributed by atoms with Gasteiger partial charge in [0.1, 0.15) is 27.8 Å². The van der Waals surface area contributed by atoms with Gasteiger partial charge in [-0.05, 0) is 57.7 Å². The summed E-state index contributed by atoms with van der Waals surface area (Å²) in [5, 5.41) is 21.1. The van der Waals surface area contributed by atoms with E-state index in [0.717, 1.165) is 17.4 Å². The highest BCUT2D eigenvalue weighted by Crippen LogP contribution is 2.46. The molecular formula is C28H30ClN7O3S. The molecule has 4 heterocycles. The Morgan fingerprint density at radius 2 is 2.02 bits per heavy atom. The highest BCUT2D eigenvalue weighted by atomic mass is 35.5. The van der Waals surface area contributed by atoms with Crippen LogP contribution in [0.2, 0.25) is 5.02 Å². The molecule has 4 aromatic rings. The van der Waals surface area contributed by atoms with Crippen molar-refractivity contribution < 1.29 is 14.7 Å². The van der Waals surface area contributed by atoms with Crippen LogP contribution in [0.1, 0.15) is 62.7 Å². The number of benzene rings is 1. The molecule has 3 aromatic heterocycles. The summed E-state index contributed by atoms with van der Waals surface area (Å²) >= 11 is 7.64. The lowest BCUT2D eigenvalue weighted by Crippen LogP contribution is -2.33. The molecule has 1 fully saturated rings. The minimum absolute atomic E-state index is 0.163. The predicted octanol–water partition coefficient (Wildman–Crippen LogP) is 5.29. The molecule has 1 amide bonds. The van der Waals surface area contributed by atoms with Gasteiger partial charge in [0.15, 0.2) is 5.82 Å². The third kappa shape index (κ3) is 4.32. The van der Waals surface area contributed by atoms with Gasteiger partial charge in [-0.3, -0.25) is 14.3 Å². The number of thiazole rings is 1. The van der Waals surface area contributed by atoms with E-state index in [2.05, 4.69) is 15.3 Å². The Morgan fingerprint density at radius 3 is 2.75 bits per heavy atom. The molecule has 1 aliphatic heterocycles. The summed E-state index contributed by atoms with van der Waals surface area (Å²) in [4.78, 5) is 39.1. The van der Waals surface area contributed by atoms with Gasteiger partial charge in [-0.1, -0.05) is 24.4 Å². The smallest absolute Gasteiger partial charge is 0.309 e. The van der Waals surface area contributed by atoms with Crippen molar-refractivity contribution in [2.24, 2.45) is 11.3 Å². The summed E-state index contributed by atoms with van der Waals surface area (Å²) in [6.07, 6.45) is 5.05. The van der Waals surface area contributed by atoms with E-state index in [1.165, 1.54) is 37.0 Å². The monoisotopic (exact) mass is 579 g/mol. The van der Waals surface area contributed by atoms with Gasteiger partial charge in [0, 0.05) is 28.8 Å². The highest BCUT2D eigenvalue weighted by molar-refractivity contribution is 7.10. The molecule has 4 N–H and O–H groups in total. The van der Waals surface area contributed by atoms with Crippen molar-refractivity contribution in [2.45, 2.75) is 64.8 Å². The Morgan fingerprint density at radius 1 is 1.27 bits per heavy atom. The highest BCUT2D eigenvalue weighted by Gasteiger charge is 2.50. The van der Waals surface area contributed by atoms with Crippen LogP contribution in [0.3, 0.4) is 0 Å². The maximum absolute atomic E-state index is 13.4. The Balaban J connectivity index is 1.40. The van der Waals surface area contributed by atoms with E-state index in [9.17, 15) is 14.7 Å². The number of rotatable bonds is 7. The van der Waals surface area contributed by atoms with Crippen molar-refractivity contribution in [3.05, 3.63) is 44.9 Å². The number of hydrogen-bond acceptors (Lipinski definition) is 8. The van der Waals surface area contributed by atoms with Crippen molar-refractivity contribution in [1.82, 2.24) is 24.7 Å². The number of aliphatic carboxylic acids is 1. The maximum Gasteiger partial charge on any atom is 0.309 e. The minimum atomic E-state index is -1.22. The second-order valence-electron chi connectivity index (χ2n) is 11.6. The molecule has 0 bridgehead atoms. The Labute approximate surface area is 240 Å². The number of amides is 1. The molecule has 1 aliphatic carbocycles. The van der Waals surface area contributed by atoms with Gasteiger partial charge in [0.25, 0.3) is 0 Å². The molecule has 1 atom stereocenters. The van der Waals surface area contributed by atoms with Crippen molar-refractivity contribution in [1.29, 1.82) is 0 Å². The lowest BCUT2D eigenvalue weighted by atomic mass is 9.85. The fraction of sp³-hybridized carbons (Fsp3) is 0.429. The predicted molar refractivity (Wildman–Crippen MR) is 154 cm³/mol. The van der Waals surface area contributed by atoms with Crippen LogP contribution in [-0.2, 0) is 28.0 Å². The average Bonchev–Trinajstić information content (AvgIpc) is 3.67. The molecule has 6 rings (SSSR count). The number of halogens is 1. The normalized spacial score (nSPS) is 19.4. The second-order valence-corrected chi connectivity index (χ2v) is 12.9. The zero-order valence-corrected chi connectivity index (χ0v) is 24.1. The molecule has 10 nitrogen and oxygen atoms in total. The third-order valence-corrected chi connectivity index (χ3v) is 9.48. The number of carboxylic acid groups (broad SMARTS) is 1. The number of fused-ring (bicyclic) bond motifs is 2. The van der Waals surface area contributed by atoms with Crippen LogP contribution in [0.4, 0.5) is 11.6 Å². The fourth-order valence-corrected chi connectivity index (χ4v) is 6.90. The first-order chi connectivity index (χ1) is 19.0. The van der Waals surface area contributed by atoms with Crippen LogP contribution in [0.5, 0.6) is 0 Å². The summed E-state index contributed by atoms with van der Waals surface area (Å²) in [5.41, 5.74) is 6.87. The van der Waals surface area contributed by atoms with E-state index in [1.807, 2.05) is 22.9 Å².